The van der Waals surface area contributed by atoms with Gasteiger partial charge in [0.25, 0.3) is 0 Å². The maximum atomic E-state index is 12.4. The Kier molecular flexibility index (Phi) is 9.89. The van der Waals surface area contributed by atoms with Crippen LogP contribution in [0, 0.1) is 3.57 Å². The number of benzene rings is 1. The summed E-state index contributed by atoms with van der Waals surface area (Å²) in [5.41, 5.74) is 0.655. The lowest BCUT2D eigenvalue weighted by molar-refractivity contribution is -0.138. The molecule has 2 rings (SSSR count). The molecule has 1 aliphatic rings. The van der Waals surface area contributed by atoms with E-state index in [0.29, 0.717) is 36.0 Å². The average Bonchev–Trinajstić information content (AvgIpc) is 3.00. The predicted octanol–water partition coefficient (Wildman–Crippen LogP) is 5.28. The van der Waals surface area contributed by atoms with E-state index in [-0.39, 0.29) is 35.3 Å². The summed E-state index contributed by atoms with van der Waals surface area (Å²) in [5.74, 6) is -0.0727. The van der Waals surface area contributed by atoms with Crippen LogP contribution in [0.4, 0.5) is 0 Å². The van der Waals surface area contributed by atoms with Gasteiger partial charge in [0, 0.05) is 6.42 Å². The normalized spacial score (nSPS) is 16.2. The van der Waals surface area contributed by atoms with Gasteiger partial charge >= 0.3 is 5.97 Å². The Morgan fingerprint density at radius 3 is 2.45 bits per heavy atom. The van der Waals surface area contributed by atoms with Gasteiger partial charge in [0.15, 0.2) is 11.5 Å². The van der Waals surface area contributed by atoms with Crippen LogP contribution in [0.25, 0.3) is 6.08 Å². The zero-order valence-corrected chi connectivity index (χ0v) is 21.0. The van der Waals surface area contributed by atoms with Crippen molar-refractivity contribution in [3.63, 3.8) is 0 Å². The lowest BCUT2D eigenvalue weighted by Crippen LogP contribution is -2.14. The van der Waals surface area contributed by atoms with E-state index in [4.69, 9.17) is 14.2 Å². The predicted molar refractivity (Wildman–Crippen MR) is 131 cm³/mol. The Morgan fingerprint density at radius 2 is 1.84 bits per heavy atom. The Labute approximate surface area is 200 Å². The van der Waals surface area contributed by atoms with E-state index in [1.807, 2.05) is 26.8 Å². The molecule has 1 heterocycles. The fourth-order valence-electron chi connectivity index (χ4n) is 2.74. The van der Waals surface area contributed by atoms with Crippen LogP contribution in [0.3, 0.4) is 0 Å². The topological polar surface area (TPSA) is 94.4 Å². The molecule has 0 radical (unpaired) electrons. The number of hydrogen-bond acceptors (Lipinski definition) is 7. The largest absolute Gasteiger partial charge is 0.506 e. The minimum Gasteiger partial charge on any atom is -0.506 e. The molecular weight excluding hydrogens is 533 g/mol. The number of thioether (sulfide) groups is 1. The average molecular weight is 559 g/mol. The van der Waals surface area contributed by atoms with Crippen molar-refractivity contribution < 1.29 is 28.9 Å². The van der Waals surface area contributed by atoms with Crippen molar-refractivity contribution in [2.24, 2.45) is 4.99 Å². The maximum Gasteiger partial charge on any atom is 0.344 e. The first-order valence-corrected chi connectivity index (χ1v) is 12.0. The van der Waals surface area contributed by atoms with Gasteiger partial charge in [0.1, 0.15) is 16.4 Å². The van der Waals surface area contributed by atoms with Gasteiger partial charge in [0.05, 0.1) is 28.3 Å². The van der Waals surface area contributed by atoms with Gasteiger partial charge in [-0.3, -0.25) is 4.79 Å². The van der Waals surface area contributed by atoms with Gasteiger partial charge in [-0.2, -0.15) is 0 Å². The molecular formula is C22H26INO6S. The number of esters is 1. The summed E-state index contributed by atoms with van der Waals surface area (Å²) in [6.45, 7) is 8.45. The summed E-state index contributed by atoms with van der Waals surface area (Å²) in [6.07, 6.45) is 2.61. The highest BCUT2D eigenvalue weighted by atomic mass is 127. The molecule has 9 heteroatoms. The maximum absolute atomic E-state index is 12.4. The van der Waals surface area contributed by atoms with Crippen LogP contribution in [0.2, 0.25) is 0 Å². The fourth-order valence-corrected chi connectivity index (χ4v) is 4.56. The number of carbonyl (C=O) groups is 2. The van der Waals surface area contributed by atoms with Gasteiger partial charge in [-0.05, 0) is 73.6 Å². The van der Waals surface area contributed by atoms with Crippen molar-refractivity contribution >= 4 is 57.3 Å². The van der Waals surface area contributed by atoms with Crippen LogP contribution >= 0.6 is 34.4 Å². The smallest absolute Gasteiger partial charge is 0.344 e. The van der Waals surface area contributed by atoms with E-state index < -0.39 is 5.97 Å². The first-order chi connectivity index (χ1) is 14.9. The number of aliphatic imine (C=N–C) groups is 1. The lowest BCUT2D eigenvalue weighted by Gasteiger charge is -2.13. The second kappa shape index (κ2) is 12.1. The summed E-state index contributed by atoms with van der Waals surface area (Å²) in [6, 6.07) is 3.69. The van der Waals surface area contributed by atoms with E-state index >= 15 is 0 Å². The van der Waals surface area contributed by atoms with Crippen molar-refractivity contribution in [1.29, 1.82) is 0 Å². The van der Waals surface area contributed by atoms with Crippen molar-refractivity contribution in [2.75, 3.05) is 19.8 Å². The lowest BCUT2D eigenvalue weighted by atomic mass is 10.1. The van der Waals surface area contributed by atoms with Gasteiger partial charge in [0.2, 0.25) is 5.91 Å². The van der Waals surface area contributed by atoms with E-state index in [1.165, 1.54) is 0 Å². The van der Waals surface area contributed by atoms with Crippen LogP contribution < -0.4 is 9.47 Å². The minimum absolute atomic E-state index is 0.0896. The Morgan fingerprint density at radius 1 is 1.13 bits per heavy atom. The zero-order valence-electron chi connectivity index (χ0n) is 18.0. The van der Waals surface area contributed by atoms with Gasteiger partial charge in [-0.15, -0.1) is 0 Å². The molecule has 1 aromatic rings. The fraction of sp³-hybridized carbons (Fsp3) is 0.409. The first kappa shape index (κ1) is 25.3. The number of halogens is 1. The van der Waals surface area contributed by atoms with E-state index in [9.17, 15) is 14.7 Å². The molecule has 7 nitrogen and oxygen atoms in total. The van der Waals surface area contributed by atoms with E-state index in [2.05, 4.69) is 27.6 Å². The third-order valence-corrected chi connectivity index (χ3v) is 5.80. The molecule has 0 saturated carbocycles. The summed E-state index contributed by atoms with van der Waals surface area (Å²) < 4.78 is 17.3. The molecule has 1 aliphatic heterocycles. The van der Waals surface area contributed by atoms with Crippen molar-refractivity contribution in [1.82, 2.24) is 0 Å². The van der Waals surface area contributed by atoms with Crippen LogP contribution in [0.5, 0.6) is 11.5 Å². The molecule has 1 aromatic carbocycles. The third-order valence-electron chi connectivity index (χ3n) is 3.98. The molecule has 0 bridgehead atoms. The first-order valence-electron chi connectivity index (χ1n) is 10.1. The summed E-state index contributed by atoms with van der Waals surface area (Å²) in [4.78, 5) is 28.9. The van der Waals surface area contributed by atoms with Crippen LogP contribution in [-0.4, -0.2) is 41.8 Å². The van der Waals surface area contributed by atoms with Crippen LogP contribution in [0.1, 0.15) is 46.1 Å². The number of aliphatic hydroxyl groups excluding tert-OH is 1. The number of carbonyl (C=O) groups excluding carboxylic acids is 2. The minimum atomic E-state index is -0.713. The molecule has 1 N–H and O–H groups in total. The highest BCUT2D eigenvalue weighted by Gasteiger charge is 2.33. The molecule has 0 unspecified atom stereocenters. The van der Waals surface area contributed by atoms with E-state index in [1.54, 1.807) is 19.1 Å². The quantitative estimate of drug-likeness (QED) is 0.325. The molecule has 0 atom stereocenters. The molecule has 0 saturated heterocycles. The molecule has 0 fully saturated rings. The summed E-state index contributed by atoms with van der Waals surface area (Å²) >= 11 is 3.22. The van der Waals surface area contributed by atoms with Gasteiger partial charge < -0.3 is 19.3 Å². The van der Waals surface area contributed by atoms with Crippen LogP contribution in [0.15, 0.2) is 33.4 Å². The molecule has 168 valence electrons. The van der Waals surface area contributed by atoms with Gasteiger partial charge in [-0.1, -0.05) is 18.7 Å². The van der Waals surface area contributed by atoms with Crippen molar-refractivity contribution in [3.8, 4) is 11.5 Å². The number of nitrogens with zero attached hydrogens (tertiary/aromatic N) is 1. The summed E-state index contributed by atoms with van der Waals surface area (Å²) in [7, 11) is 0. The molecule has 0 spiro atoms. The third kappa shape index (κ3) is 6.49. The van der Waals surface area contributed by atoms with E-state index in [0.717, 1.165) is 20.9 Å². The Bertz CT molecular complexity index is 938. The monoisotopic (exact) mass is 559 g/mol. The number of ether oxygens (including phenoxy) is 3. The molecule has 31 heavy (non-hydrogen) atoms. The Balaban J connectivity index is 2.52. The standard InChI is InChI=1S/C22H26INO6S/c1-5-9-17(25)24-21-18(22(27)30-8-4)19(26)16(31-21)12-13-10-14(23)20(29-7-3)15(11-13)28-6-2/h10-12,26H,5-9H2,1-4H3/b16-12-,24-21?. The van der Waals surface area contributed by atoms with Crippen LogP contribution in [-0.2, 0) is 14.3 Å². The zero-order chi connectivity index (χ0) is 23.0. The van der Waals surface area contributed by atoms with Crippen molar-refractivity contribution in [2.45, 2.75) is 40.5 Å². The highest BCUT2D eigenvalue weighted by molar-refractivity contribution is 14.1. The highest BCUT2D eigenvalue weighted by Crippen LogP contribution is 2.41. The number of hydrogen-bond donors (Lipinski definition) is 1. The molecule has 1 amide bonds. The molecule has 0 aromatic heterocycles. The summed E-state index contributed by atoms with van der Waals surface area (Å²) in [5, 5.41) is 10.9. The second-order valence-electron chi connectivity index (χ2n) is 6.31. The number of aliphatic hydroxyl groups is 1. The van der Waals surface area contributed by atoms with Gasteiger partial charge in [-0.25, -0.2) is 9.79 Å². The SMILES string of the molecule is CCCC(=O)N=C1S/C(=C\c2cc(I)c(OCC)c(OCC)c2)C(O)=C1C(=O)OCC. The Hall–Kier alpha value is -2.01. The second-order valence-corrected chi connectivity index (χ2v) is 8.50. The number of amides is 1. The number of rotatable bonds is 9. The van der Waals surface area contributed by atoms with Crippen molar-refractivity contribution in [3.05, 3.63) is 37.5 Å². The molecule has 0 aliphatic carbocycles.